The lowest BCUT2D eigenvalue weighted by Gasteiger charge is -2.26. The van der Waals surface area contributed by atoms with E-state index < -0.39 is 5.79 Å². The van der Waals surface area contributed by atoms with E-state index in [0.717, 1.165) is 5.56 Å². The van der Waals surface area contributed by atoms with Crippen molar-refractivity contribution in [1.82, 2.24) is 10.1 Å². The number of aromatic nitrogens is 3. The molecule has 1 saturated heterocycles. The summed E-state index contributed by atoms with van der Waals surface area (Å²) < 4.78 is 13.4. The Bertz CT molecular complexity index is 568. The highest BCUT2D eigenvalue weighted by molar-refractivity contribution is 6.35. The molecular formula is C12H12Cl2N3O2+. The van der Waals surface area contributed by atoms with Gasteiger partial charge < -0.3 is 9.47 Å². The maximum atomic E-state index is 6.26. The van der Waals surface area contributed by atoms with Crippen LogP contribution in [0.5, 0.6) is 0 Å². The van der Waals surface area contributed by atoms with Crippen LogP contribution < -0.4 is 4.68 Å². The van der Waals surface area contributed by atoms with Crippen LogP contribution in [-0.2, 0) is 21.8 Å². The molecule has 0 spiro atoms. The van der Waals surface area contributed by atoms with Crippen LogP contribution in [0.1, 0.15) is 5.56 Å². The monoisotopic (exact) mass is 300 g/mol. The standard InChI is InChI=1S/C12H11Cl2N3O2/c13-9-1-2-10(11(14)5-9)12(18-3-4-19-12)6-17-8-15-7-16-17/h1-2,5,7-8H,3-4,6H2/p+1. The molecule has 0 amide bonds. The van der Waals surface area contributed by atoms with Crippen molar-refractivity contribution < 1.29 is 14.2 Å². The van der Waals surface area contributed by atoms with Crippen molar-refractivity contribution in [2.45, 2.75) is 12.3 Å². The summed E-state index contributed by atoms with van der Waals surface area (Å²) in [7, 11) is 0. The molecular weight excluding hydrogens is 289 g/mol. The average Bonchev–Trinajstić information content (AvgIpc) is 3.02. The summed E-state index contributed by atoms with van der Waals surface area (Å²) in [4.78, 5) is 3.97. The molecule has 5 nitrogen and oxygen atoms in total. The van der Waals surface area contributed by atoms with Gasteiger partial charge in [-0.1, -0.05) is 29.3 Å². The Morgan fingerprint density at radius 2 is 2.11 bits per heavy atom. The van der Waals surface area contributed by atoms with E-state index in [1.54, 1.807) is 29.5 Å². The second kappa shape index (κ2) is 5.09. The normalized spacial score (nSPS) is 17.8. The van der Waals surface area contributed by atoms with Gasteiger partial charge in [-0.2, -0.15) is 9.78 Å². The molecule has 1 aromatic heterocycles. The van der Waals surface area contributed by atoms with Crippen molar-refractivity contribution >= 4 is 23.2 Å². The molecule has 1 fully saturated rings. The first-order chi connectivity index (χ1) is 9.20. The minimum Gasteiger partial charge on any atom is -0.340 e. The number of benzene rings is 1. The van der Waals surface area contributed by atoms with Crippen LogP contribution >= 0.6 is 23.2 Å². The third kappa shape index (κ3) is 2.47. The van der Waals surface area contributed by atoms with Crippen molar-refractivity contribution in [2.75, 3.05) is 13.2 Å². The topological polar surface area (TPSA) is 51.0 Å². The maximum absolute atomic E-state index is 6.26. The molecule has 0 bridgehead atoms. The highest BCUT2D eigenvalue weighted by Gasteiger charge is 2.43. The van der Waals surface area contributed by atoms with Crippen molar-refractivity contribution in [3.8, 4) is 0 Å². The van der Waals surface area contributed by atoms with E-state index in [2.05, 4.69) is 10.1 Å². The molecule has 19 heavy (non-hydrogen) atoms. The molecule has 100 valence electrons. The van der Waals surface area contributed by atoms with E-state index in [0.29, 0.717) is 29.8 Å². The van der Waals surface area contributed by atoms with Crippen molar-refractivity contribution in [2.24, 2.45) is 0 Å². The Balaban J connectivity index is 2.00. The van der Waals surface area contributed by atoms with Crippen LogP contribution in [0, 0.1) is 0 Å². The quantitative estimate of drug-likeness (QED) is 0.881. The van der Waals surface area contributed by atoms with Crippen LogP contribution in [0.4, 0.5) is 0 Å². The molecule has 0 atom stereocenters. The smallest absolute Gasteiger partial charge is 0.306 e. The van der Waals surface area contributed by atoms with E-state index in [1.165, 1.54) is 0 Å². The second-order valence-electron chi connectivity index (χ2n) is 4.22. The Labute approximate surface area is 120 Å². The van der Waals surface area contributed by atoms with Gasteiger partial charge in [0.05, 0.1) is 18.2 Å². The summed E-state index contributed by atoms with van der Waals surface area (Å²) in [5.74, 6) is -0.904. The zero-order valence-corrected chi connectivity index (χ0v) is 11.5. The van der Waals surface area contributed by atoms with Crippen molar-refractivity contribution in [3.05, 3.63) is 46.5 Å². The molecule has 0 saturated carbocycles. The minimum absolute atomic E-state index is 0.439. The molecule has 1 N–H and O–H groups in total. The number of hydrogen-bond donors (Lipinski definition) is 1. The lowest BCUT2D eigenvalue weighted by Crippen LogP contribution is -2.48. The fraction of sp³-hybridized carbons (Fsp3) is 0.333. The van der Waals surface area contributed by atoms with E-state index in [-0.39, 0.29) is 0 Å². The first-order valence-electron chi connectivity index (χ1n) is 5.81. The number of aromatic amines is 1. The van der Waals surface area contributed by atoms with Crippen LogP contribution in [0.15, 0.2) is 30.9 Å². The van der Waals surface area contributed by atoms with Gasteiger partial charge in [-0.3, -0.25) is 0 Å². The van der Waals surface area contributed by atoms with Gasteiger partial charge in [0.2, 0.25) is 12.1 Å². The third-order valence-electron chi connectivity index (χ3n) is 2.98. The highest BCUT2D eigenvalue weighted by atomic mass is 35.5. The zero-order valence-electron chi connectivity index (χ0n) is 9.97. The number of H-pyrrole nitrogens is 1. The Morgan fingerprint density at radius 3 is 2.74 bits per heavy atom. The molecule has 1 aromatic carbocycles. The molecule has 7 heteroatoms. The van der Waals surface area contributed by atoms with Gasteiger partial charge in [-0.15, -0.1) is 0 Å². The largest absolute Gasteiger partial charge is 0.340 e. The molecule has 2 heterocycles. The van der Waals surface area contributed by atoms with Crippen LogP contribution in [0.2, 0.25) is 10.0 Å². The fourth-order valence-corrected chi connectivity index (χ4v) is 2.70. The van der Waals surface area contributed by atoms with Crippen LogP contribution in [0.25, 0.3) is 0 Å². The SMILES string of the molecule is Clc1ccc(C2(C[n+]3cnc[nH]3)OCCO2)c(Cl)c1. The Kier molecular flexibility index (Phi) is 3.45. The van der Waals surface area contributed by atoms with Gasteiger partial charge in [0.25, 0.3) is 0 Å². The minimum atomic E-state index is -0.904. The van der Waals surface area contributed by atoms with Crippen molar-refractivity contribution in [1.29, 1.82) is 0 Å². The number of halogens is 2. The van der Waals surface area contributed by atoms with Crippen LogP contribution in [-0.4, -0.2) is 23.3 Å². The van der Waals surface area contributed by atoms with E-state index in [9.17, 15) is 0 Å². The van der Waals surface area contributed by atoms with Gasteiger partial charge in [-0.05, 0) is 17.1 Å². The van der Waals surface area contributed by atoms with Gasteiger partial charge >= 0.3 is 6.33 Å². The van der Waals surface area contributed by atoms with Crippen molar-refractivity contribution in [3.63, 3.8) is 0 Å². The van der Waals surface area contributed by atoms with Crippen LogP contribution in [0.3, 0.4) is 0 Å². The third-order valence-corrected chi connectivity index (χ3v) is 3.53. The summed E-state index contributed by atoms with van der Waals surface area (Å²) in [6.45, 7) is 1.48. The Morgan fingerprint density at radius 1 is 1.32 bits per heavy atom. The zero-order chi connectivity index (χ0) is 13.3. The number of ether oxygens (including phenoxy) is 2. The number of nitrogens with zero attached hydrogens (tertiary/aromatic N) is 2. The molecule has 1 aliphatic rings. The van der Waals surface area contributed by atoms with Gasteiger partial charge in [0, 0.05) is 10.6 Å². The highest BCUT2D eigenvalue weighted by Crippen LogP contribution is 2.37. The molecule has 3 rings (SSSR count). The fourth-order valence-electron chi connectivity index (χ4n) is 2.15. The molecule has 2 aromatic rings. The van der Waals surface area contributed by atoms with E-state index >= 15 is 0 Å². The first-order valence-corrected chi connectivity index (χ1v) is 6.56. The maximum Gasteiger partial charge on any atom is 0.306 e. The Hall–Kier alpha value is -1.14. The number of hydrogen-bond acceptors (Lipinski definition) is 3. The predicted molar refractivity (Wildman–Crippen MR) is 68.8 cm³/mol. The molecule has 0 unspecified atom stereocenters. The van der Waals surface area contributed by atoms with Gasteiger partial charge in [-0.25, -0.2) is 0 Å². The van der Waals surface area contributed by atoms with E-state index in [1.807, 2.05) is 6.07 Å². The lowest BCUT2D eigenvalue weighted by atomic mass is 10.1. The predicted octanol–water partition coefficient (Wildman–Crippen LogP) is 1.90. The lowest BCUT2D eigenvalue weighted by molar-refractivity contribution is -0.770. The molecule has 0 radical (unpaired) electrons. The molecule has 0 aliphatic carbocycles. The number of rotatable bonds is 3. The first kappa shape index (κ1) is 12.9. The summed E-state index contributed by atoms with van der Waals surface area (Å²) in [6, 6.07) is 5.28. The summed E-state index contributed by atoms with van der Waals surface area (Å²) in [5.41, 5.74) is 0.762. The number of nitrogens with one attached hydrogen (secondary N) is 1. The van der Waals surface area contributed by atoms with Gasteiger partial charge in [0.1, 0.15) is 0 Å². The van der Waals surface area contributed by atoms with Gasteiger partial charge in [0.15, 0.2) is 6.54 Å². The summed E-state index contributed by atoms with van der Waals surface area (Å²) in [5, 5.41) is 4.07. The molecule has 1 aliphatic heterocycles. The summed E-state index contributed by atoms with van der Waals surface area (Å²) in [6.07, 6.45) is 3.25. The second-order valence-corrected chi connectivity index (χ2v) is 5.07. The van der Waals surface area contributed by atoms with E-state index in [4.69, 9.17) is 32.7 Å². The summed E-state index contributed by atoms with van der Waals surface area (Å²) >= 11 is 12.2. The average molecular weight is 301 g/mol.